The molecule has 34 heavy (non-hydrogen) atoms. The van der Waals surface area contributed by atoms with Crippen LogP contribution in [0.15, 0.2) is 46.8 Å². The molecule has 0 spiro atoms. The molecule has 0 radical (unpaired) electrons. The quantitative estimate of drug-likeness (QED) is 0.333. The van der Waals surface area contributed by atoms with Crippen molar-refractivity contribution in [3.63, 3.8) is 0 Å². The summed E-state index contributed by atoms with van der Waals surface area (Å²) in [5.41, 5.74) is 2.29. The molecule has 0 saturated heterocycles. The highest BCUT2D eigenvalue weighted by molar-refractivity contribution is 6.00. The van der Waals surface area contributed by atoms with Crippen LogP contribution in [0.1, 0.15) is 83.1 Å². The van der Waals surface area contributed by atoms with Gasteiger partial charge in [0.05, 0.1) is 22.0 Å². The number of esters is 2. The lowest BCUT2D eigenvalue weighted by atomic mass is 9.79. The molecule has 1 N–H and O–H groups in total. The molecule has 182 valence electrons. The van der Waals surface area contributed by atoms with Gasteiger partial charge in [0, 0.05) is 23.5 Å². The van der Waals surface area contributed by atoms with Crippen LogP contribution in [-0.2, 0) is 19.1 Å². The second kappa shape index (κ2) is 10.4. The number of hydrogen-bond acceptors (Lipinski definition) is 7. The summed E-state index contributed by atoms with van der Waals surface area (Å²) in [4.78, 5) is 38.0. The van der Waals surface area contributed by atoms with Crippen molar-refractivity contribution < 1.29 is 24.0 Å². The number of nitro groups is 1. The monoisotopic (exact) mass is 468 g/mol. The first kappa shape index (κ1) is 24.0. The SMILES string of the molecule is CCC1=C(C(=O)OC2CCCC2)C(c2cccc([N+](=O)[O-])c2)C(C(=O)OC2CCCC2)=C(C)N1. The number of nitro benzene ring substituents is 1. The number of non-ortho nitro benzene ring substituents is 1. The second-order valence-electron chi connectivity index (χ2n) is 9.32. The van der Waals surface area contributed by atoms with Gasteiger partial charge in [-0.15, -0.1) is 0 Å². The van der Waals surface area contributed by atoms with Crippen molar-refractivity contribution in [2.75, 3.05) is 0 Å². The van der Waals surface area contributed by atoms with Crippen molar-refractivity contribution >= 4 is 17.6 Å². The van der Waals surface area contributed by atoms with E-state index < -0.39 is 22.8 Å². The Kier molecular flexibility index (Phi) is 7.34. The van der Waals surface area contributed by atoms with Crippen LogP contribution < -0.4 is 5.32 Å². The number of carbonyl (C=O) groups excluding carboxylic acids is 2. The maximum absolute atomic E-state index is 13.5. The smallest absolute Gasteiger partial charge is 0.337 e. The molecule has 1 aromatic rings. The molecule has 1 aromatic carbocycles. The number of dihydropyridines is 1. The number of nitrogens with zero attached hydrogens (tertiary/aromatic N) is 1. The molecule has 1 aliphatic heterocycles. The van der Waals surface area contributed by atoms with E-state index in [4.69, 9.17) is 9.47 Å². The molecule has 2 fully saturated rings. The minimum atomic E-state index is -0.807. The topological polar surface area (TPSA) is 108 Å². The van der Waals surface area contributed by atoms with Gasteiger partial charge in [-0.05, 0) is 70.3 Å². The highest BCUT2D eigenvalue weighted by atomic mass is 16.6. The Labute approximate surface area is 199 Å². The van der Waals surface area contributed by atoms with E-state index in [0.29, 0.717) is 34.5 Å². The number of benzene rings is 1. The zero-order chi connectivity index (χ0) is 24.2. The van der Waals surface area contributed by atoms with Crippen molar-refractivity contribution in [3.05, 3.63) is 62.5 Å². The first-order valence-electron chi connectivity index (χ1n) is 12.3. The van der Waals surface area contributed by atoms with Crippen LogP contribution in [0.5, 0.6) is 0 Å². The number of rotatable bonds is 7. The van der Waals surface area contributed by atoms with Crippen molar-refractivity contribution in [1.82, 2.24) is 5.32 Å². The fraction of sp³-hybridized carbons (Fsp3) is 0.538. The molecular weight excluding hydrogens is 436 g/mol. The normalized spacial score (nSPS) is 21.5. The molecule has 0 aromatic heterocycles. The van der Waals surface area contributed by atoms with Gasteiger partial charge in [-0.2, -0.15) is 0 Å². The first-order valence-corrected chi connectivity index (χ1v) is 12.3. The van der Waals surface area contributed by atoms with E-state index in [0.717, 1.165) is 51.4 Å². The van der Waals surface area contributed by atoms with E-state index >= 15 is 0 Å². The fourth-order valence-electron chi connectivity index (χ4n) is 5.28. The Morgan fingerprint density at radius 1 is 1.00 bits per heavy atom. The Morgan fingerprint density at radius 3 is 2.09 bits per heavy atom. The number of ether oxygens (including phenoxy) is 2. The zero-order valence-electron chi connectivity index (χ0n) is 19.8. The van der Waals surface area contributed by atoms with Crippen molar-refractivity contribution in [2.24, 2.45) is 0 Å². The number of allylic oxidation sites excluding steroid dienone is 2. The Hall–Kier alpha value is -3.16. The largest absolute Gasteiger partial charge is 0.459 e. The lowest BCUT2D eigenvalue weighted by Crippen LogP contribution is -2.34. The first-order chi connectivity index (χ1) is 16.4. The van der Waals surface area contributed by atoms with Gasteiger partial charge in [-0.25, -0.2) is 9.59 Å². The van der Waals surface area contributed by atoms with Crippen LogP contribution in [0.25, 0.3) is 0 Å². The maximum Gasteiger partial charge on any atom is 0.337 e. The van der Waals surface area contributed by atoms with E-state index in [9.17, 15) is 19.7 Å². The lowest BCUT2D eigenvalue weighted by Gasteiger charge is -2.32. The summed E-state index contributed by atoms with van der Waals surface area (Å²) in [5.74, 6) is -1.78. The van der Waals surface area contributed by atoms with Gasteiger partial charge in [0.2, 0.25) is 0 Å². The predicted molar refractivity (Wildman–Crippen MR) is 126 cm³/mol. The van der Waals surface area contributed by atoms with Crippen molar-refractivity contribution in [3.8, 4) is 0 Å². The van der Waals surface area contributed by atoms with Gasteiger partial charge in [0.1, 0.15) is 12.2 Å². The van der Waals surface area contributed by atoms with Gasteiger partial charge < -0.3 is 14.8 Å². The minimum Gasteiger partial charge on any atom is -0.459 e. The van der Waals surface area contributed by atoms with Gasteiger partial charge in [0.15, 0.2) is 0 Å². The molecule has 3 aliphatic rings. The number of carbonyl (C=O) groups is 2. The summed E-state index contributed by atoms with van der Waals surface area (Å²) in [6, 6.07) is 6.13. The average Bonchev–Trinajstić information content (AvgIpc) is 3.52. The molecule has 1 unspecified atom stereocenters. The number of nitrogens with one attached hydrogen (secondary N) is 1. The second-order valence-corrected chi connectivity index (χ2v) is 9.32. The van der Waals surface area contributed by atoms with Crippen LogP contribution in [0.2, 0.25) is 0 Å². The molecule has 4 rings (SSSR count). The fourth-order valence-corrected chi connectivity index (χ4v) is 5.28. The third-order valence-electron chi connectivity index (χ3n) is 7.00. The lowest BCUT2D eigenvalue weighted by molar-refractivity contribution is -0.384. The minimum absolute atomic E-state index is 0.0984. The third-order valence-corrected chi connectivity index (χ3v) is 7.00. The molecule has 8 heteroatoms. The standard InChI is InChI=1S/C26H32N2O6/c1-3-21-24(26(30)34-20-13-6-7-14-20)23(17-9-8-10-18(15-17)28(31)32)22(16(2)27-21)25(29)33-19-11-4-5-12-19/h8-10,15,19-20,23,27H,3-7,11-14H2,1-2H3. The van der Waals surface area contributed by atoms with E-state index in [2.05, 4.69) is 5.32 Å². The molecule has 1 heterocycles. The Bertz CT molecular complexity index is 1030. The molecule has 0 bridgehead atoms. The maximum atomic E-state index is 13.5. The highest BCUT2D eigenvalue weighted by Gasteiger charge is 2.40. The van der Waals surface area contributed by atoms with Crippen LogP contribution in [-0.4, -0.2) is 29.1 Å². The van der Waals surface area contributed by atoms with Crippen LogP contribution in [0, 0.1) is 10.1 Å². The predicted octanol–water partition coefficient (Wildman–Crippen LogP) is 5.19. The molecular formula is C26H32N2O6. The highest BCUT2D eigenvalue weighted by Crippen LogP contribution is 2.42. The van der Waals surface area contributed by atoms with Gasteiger partial charge in [-0.1, -0.05) is 19.1 Å². The van der Waals surface area contributed by atoms with Crippen molar-refractivity contribution in [1.29, 1.82) is 0 Å². The van der Waals surface area contributed by atoms with E-state index in [1.54, 1.807) is 19.1 Å². The summed E-state index contributed by atoms with van der Waals surface area (Å²) in [5, 5.41) is 14.7. The molecule has 0 amide bonds. The zero-order valence-corrected chi connectivity index (χ0v) is 19.8. The summed E-state index contributed by atoms with van der Waals surface area (Å²) >= 11 is 0. The van der Waals surface area contributed by atoms with Crippen LogP contribution in [0.4, 0.5) is 5.69 Å². The summed E-state index contributed by atoms with van der Waals surface area (Å²) in [6.07, 6.45) is 7.56. The van der Waals surface area contributed by atoms with Gasteiger partial charge >= 0.3 is 11.9 Å². The van der Waals surface area contributed by atoms with Crippen molar-refractivity contribution in [2.45, 2.75) is 89.8 Å². The summed E-state index contributed by atoms with van der Waals surface area (Å²) < 4.78 is 11.7. The van der Waals surface area contributed by atoms with E-state index in [1.807, 2.05) is 6.92 Å². The molecule has 2 aliphatic carbocycles. The molecule has 2 saturated carbocycles. The van der Waals surface area contributed by atoms with E-state index in [1.165, 1.54) is 12.1 Å². The van der Waals surface area contributed by atoms with E-state index in [-0.39, 0.29) is 17.9 Å². The summed E-state index contributed by atoms with van der Waals surface area (Å²) in [6.45, 7) is 3.70. The summed E-state index contributed by atoms with van der Waals surface area (Å²) in [7, 11) is 0. The molecule has 8 nitrogen and oxygen atoms in total. The average molecular weight is 469 g/mol. The van der Waals surface area contributed by atoms with Gasteiger partial charge in [-0.3, -0.25) is 10.1 Å². The Balaban J connectivity index is 1.77. The van der Waals surface area contributed by atoms with Crippen LogP contribution >= 0.6 is 0 Å². The van der Waals surface area contributed by atoms with Crippen LogP contribution in [0.3, 0.4) is 0 Å². The van der Waals surface area contributed by atoms with Gasteiger partial charge in [0.25, 0.3) is 5.69 Å². The molecule has 1 atom stereocenters. The Morgan fingerprint density at radius 2 is 1.56 bits per heavy atom. The number of hydrogen-bond donors (Lipinski definition) is 1. The third kappa shape index (κ3) is 5.00.